The summed E-state index contributed by atoms with van der Waals surface area (Å²) >= 11 is 0. The van der Waals surface area contributed by atoms with Gasteiger partial charge in [-0.05, 0) is 67.2 Å². The Morgan fingerprint density at radius 1 is 0.886 bits per heavy atom. The molecule has 0 radical (unpaired) electrons. The molecular formula is C36H47F2NO5. The molecule has 240 valence electrons. The Kier molecular flexibility index (Phi) is 10.9. The Morgan fingerprint density at radius 3 is 2.09 bits per heavy atom. The van der Waals surface area contributed by atoms with Crippen molar-refractivity contribution in [1.29, 1.82) is 0 Å². The van der Waals surface area contributed by atoms with Gasteiger partial charge in [-0.15, -0.1) is 0 Å². The van der Waals surface area contributed by atoms with E-state index in [4.69, 9.17) is 13.9 Å². The number of pyridine rings is 1. The molecule has 4 rings (SSSR count). The SMILES string of the molecule is CC(C)(C)CC1(C)CC1(C)C(=O)OCCCCCCCCCCCOc1cc2oc(=O)c(-c3cc(F)cc(F)c3)cc2cn1. The van der Waals surface area contributed by atoms with Gasteiger partial charge < -0.3 is 13.9 Å². The second kappa shape index (κ2) is 14.2. The molecule has 44 heavy (non-hydrogen) atoms. The predicted octanol–water partition coefficient (Wildman–Crippen LogP) is 9.42. The van der Waals surface area contributed by atoms with E-state index in [0.29, 0.717) is 30.1 Å². The quantitative estimate of drug-likeness (QED) is 0.119. The van der Waals surface area contributed by atoms with Gasteiger partial charge in [0.25, 0.3) is 0 Å². The number of nitrogens with zero attached hydrogens (tertiary/aromatic N) is 1. The van der Waals surface area contributed by atoms with Crippen LogP contribution in [0.3, 0.4) is 0 Å². The first-order chi connectivity index (χ1) is 20.8. The summed E-state index contributed by atoms with van der Waals surface area (Å²) in [5.74, 6) is -1.20. The van der Waals surface area contributed by atoms with E-state index in [1.54, 1.807) is 6.07 Å². The highest BCUT2D eigenvalue weighted by molar-refractivity contribution is 5.82. The predicted molar refractivity (Wildman–Crippen MR) is 169 cm³/mol. The number of halogens is 2. The van der Waals surface area contributed by atoms with E-state index in [0.717, 1.165) is 69.6 Å². The number of carbonyl (C=O) groups excluding carboxylic acids is 1. The topological polar surface area (TPSA) is 78.6 Å². The molecule has 0 spiro atoms. The lowest BCUT2D eigenvalue weighted by atomic mass is 9.79. The highest BCUT2D eigenvalue weighted by atomic mass is 19.1. The minimum absolute atomic E-state index is 0.0220. The van der Waals surface area contributed by atoms with Gasteiger partial charge in [-0.25, -0.2) is 18.6 Å². The van der Waals surface area contributed by atoms with Crippen molar-refractivity contribution in [2.75, 3.05) is 13.2 Å². The summed E-state index contributed by atoms with van der Waals surface area (Å²) in [6, 6.07) is 6.00. The normalized spacial score (nSPS) is 19.7. The molecule has 0 bridgehead atoms. The van der Waals surface area contributed by atoms with Crippen LogP contribution in [0.15, 0.2) is 45.7 Å². The Balaban J connectivity index is 1.04. The fourth-order valence-electron chi connectivity index (χ4n) is 6.41. The molecule has 0 aliphatic heterocycles. The fraction of sp³-hybridized carbons (Fsp3) is 0.583. The summed E-state index contributed by atoms with van der Waals surface area (Å²) in [5, 5.41) is 0.532. The zero-order chi connectivity index (χ0) is 32.0. The molecular weight excluding hydrogens is 564 g/mol. The molecule has 2 unspecified atom stereocenters. The summed E-state index contributed by atoms with van der Waals surface area (Å²) in [6.45, 7) is 12.0. The van der Waals surface area contributed by atoms with Crippen LogP contribution in [-0.4, -0.2) is 24.2 Å². The molecule has 1 aromatic carbocycles. The third kappa shape index (κ3) is 8.89. The number of hydrogen-bond acceptors (Lipinski definition) is 6. The average molecular weight is 612 g/mol. The zero-order valence-electron chi connectivity index (χ0n) is 26.9. The molecule has 0 amide bonds. The van der Waals surface area contributed by atoms with Crippen LogP contribution >= 0.6 is 0 Å². The van der Waals surface area contributed by atoms with Gasteiger partial charge in [0.2, 0.25) is 5.88 Å². The second-order valence-electron chi connectivity index (χ2n) is 14.1. The van der Waals surface area contributed by atoms with Crippen molar-refractivity contribution in [3.63, 3.8) is 0 Å². The van der Waals surface area contributed by atoms with Crippen LogP contribution in [0.4, 0.5) is 8.78 Å². The largest absolute Gasteiger partial charge is 0.478 e. The van der Waals surface area contributed by atoms with Gasteiger partial charge in [-0.1, -0.05) is 72.6 Å². The molecule has 1 fully saturated rings. The summed E-state index contributed by atoms with van der Waals surface area (Å²) in [6.07, 6.45) is 13.3. The molecule has 0 N–H and O–H groups in total. The van der Waals surface area contributed by atoms with Crippen molar-refractivity contribution in [3.05, 3.63) is 58.6 Å². The van der Waals surface area contributed by atoms with Gasteiger partial charge in [0.05, 0.1) is 24.2 Å². The highest BCUT2D eigenvalue weighted by Gasteiger charge is 2.67. The second-order valence-corrected chi connectivity index (χ2v) is 14.1. The molecule has 2 aromatic heterocycles. The molecule has 8 heteroatoms. The number of ether oxygens (including phenoxy) is 2. The van der Waals surface area contributed by atoms with Gasteiger partial charge in [-0.2, -0.15) is 0 Å². The van der Waals surface area contributed by atoms with Crippen LogP contribution in [0, 0.1) is 27.9 Å². The van der Waals surface area contributed by atoms with Crippen molar-refractivity contribution in [1.82, 2.24) is 4.98 Å². The Bertz CT molecular complexity index is 1480. The van der Waals surface area contributed by atoms with E-state index in [1.165, 1.54) is 31.5 Å². The maximum atomic E-state index is 13.6. The molecule has 2 atom stereocenters. The number of esters is 1. The van der Waals surface area contributed by atoms with E-state index in [9.17, 15) is 18.4 Å². The lowest BCUT2D eigenvalue weighted by Gasteiger charge is -2.26. The van der Waals surface area contributed by atoms with Crippen molar-refractivity contribution >= 4 is 16.9 Å². The Hall–Kier alpha value is -3.29. The van der Waals surface area contributed by atoms with E-state index >= 15 is 0 Å². The number of hydrogen-bond donors (Lipinski definition) is 0. The van der Waals surface area contributed by atoms with Crippen LogP contribution < -0.4 is 10.4 Å². The number of aromatic nitrogens is 1. The van der Waals surface area contributed by atoms with Crippen LogP contribution in [-0.2, 0) is 9.53 Å². The maximum absolute atomic E-state index is 13.6. The van der Waals surface area contributed by atoms with Crippen molar-refractivity contribution < 1.29 is 27.5 Å². The lowest BCUT2D eigenvalue weighted by Crippen LogP contribution is -2.25. The fourth-order valence-corrected chi connectivity index (χ4v) is 6.41. The standard InChI is InChI=1S/C36H47F2NO5/c1-34(2,3)23-35(4)24-36(35,5)33(41)43-16-14-12-10-8-6-7-9-11-13-15-42-31-21-30-26(22-39-31)19-29(32(40)44-30)25-17-27(37)20-28(38)18-25/h17-22H,6-16,23-24H2,1-5H3. The van der Waals surface area contributed by atoms with Crippen molar-refractivity contribution in [3.8, 4) is 17.0 Å². The first-order valence-electron chi connectivity index (χ1n) is 16.0. The van der Waals surface area contributed by atoms with Crippen LogP contribution in [0.1, 0.15) is 105 Å². The number of benzene rings is 1. The van der Waals surface area contributed by atoms with E-state index in [-0.39, 0.29) is 33.3 Å². The molecule has 1 saturated carbocycles. The zero-order valence-corrected chi connectivity index (χ0v) is 26.9. The number of unbranched alkanes of at least 4 members (excludes halogenated alkanes) is 8. The molecule has 1 aliphatic rings. The van der Waals surface area contributed by atoms with Gasteiger partial charge in [-0.3, -0.25) is 4.79 Å². The molecule has 3 aromatic rings. The summed E-state index contributed by atoms with van der Waals surface area (Å²) in [5.41, 5.74) is -0.267. The number of fused-ring (bicyclic) bond motifs is 1. The summed E-state index contributed by atoms with van der Waals surface area (Å²) < 4.78 is 44.0. The molecule has 1 aliphatic carbocycles. The molecule has 6 nitrogen and oxygen atoms in total. The summed E-state index contributed by atoms with van der Waals surface area (Å²) in [7, 11) is 0. The van der Waals surface area contributed by atoms with Crippen LogP contribution in [0.2, 0.25) is 0 Å². The molecule has 0 saturated heterocycles. The van der Waals surface area contributed by atoms with Gasteiger partial charge in [0.1, 0.15) is 17.2 Å². The van der Waals surface area contributed by atoms with Crippen molar-refractivity contribution in [2.45, 2.75) is 105 Å². The summed E-state index contributed by atoms with van der Waals surface area (Å²) in [4.78, 5) is 29.4. The van der Waals surface area contributed by atoms with E-state index in [2.05, 4.69) is 39.6 Å². The Morgan fingerprint density at radius 2 is 1.48 bits per heavy atom. The van der Waals surface area contributed by atoms with Crippen LogP contribution in [0.5, 0.6) is 5.88 Å². The maximum Gasteiger partial charge on any atom is 0.344 e. The third-order valence-electron chi connectivity index (χ3n) is 8.86. The first-order valence-corrected chi connectivity index (χ1v) is 16.0. The van der Waals surface area contributed by atoms with Gasteiger partial charge >= 0.3 is 11.6 Å². The first kappa shape index (κ1) is 33.6. The van der Waals surface area contributed by atoms with Gasteiger partial charge in [0.15, 0.2) is 0 Å². The van der Waals surface area contributed by atoms with Gasteiger partial charge in [0, 0.05) is 23.7 Å². The average Bonchev–Trinajstić information content (AvgIpc) is 3.48. The lowest BCUT2D eigenvalue weighted by molar-refractivity contribution is -0.151. The number of rotatable bonds is 16. The minimum atomic E-state index is -0.768. The van der Waals surface area contributed by atoms with E-state index in [1.807, 2.05) is 0 Å². The third-order valence-corrected chi connectivity index (χ3v) is 8.86. The van der Waals surface area contributed by atoms with E-state index < -0.39 is 17.3 Å². The minimum Gasteiger partial charge on any atom is -0.478 e. The van der Waals surface area contributed by atoms with Crippen LogP contribution in [0.25, 0.3) is 22.1 Å². The molecule has 2 heterocycles. The number of carbonyl (C=O) groups is 1. The van der Waals surface area contributed by atoms with Crippen molar-refractivity contribution in [2.24, 2.45) is 16.2 Å². The monoisotopic (exact) mass is 611 g/mol. The smallest absolute Gasteiger partial charge is 0.344 e. The Labute approximate surface area is 259 Å². The highest BCUT2D eigenvalue weighted by Crippen LogP contribution is 2.68.